The van der Waals surface area contributed by atoms with Gasteiger partial charge in [0.05, 0.1) is 26.4 Å². The summed E-state index contributed by atoms with van der Waals surface area (Å²) in [4.78, 5) is 72.7. The average molecular weight is 1420 g/mol. The van der Waals surface area contributed by atoms with Gasteiger partial charge in [0.15, 0.2) is 12.2 Å². The first-order valence-electron chi connectivity index (χ1n) is 40.6. The zero-order valence-corrected chi connectivity index (χ0v) is 65.0. The molecule has 19 heteroatoms. The highest BCUT2D eigenvalue weighted by Gasteiger charge is 2.30. The minimum absolute atomic E-state index is 0.107. The van der Waals surface area contributed by atoms with Crippen LogP contribution >= 0.6 is 15.6 Å². The molecule has 2 unspecified atom stereocenters. The summed E-state index contributed by atoms with van der Waals surface area (Å²) < 4.78 is 68.5. The van der Waals surface area contributed by atoms with E-state index in [1.807, 2.05) is 0 Å². The van der Waals surface area contributed by atoms with E-state index in [2.05, 4.69) is 34.6 Å². The van der Waals surface area contributed by atoms with Gasteiger partial charge in [-0.15, -0.1) is 0 Å². The lowest BCUT2D eigenvalue weighted by atomic mass is 10.0. The molecule has 5 atom stereocenters. The fourth-order valence-corrected chi connectivity index (χ4v) is 13.6. The van der Waals surface area contributed by atoms with Crippen molar-refractivity contribution in [2.75, 3.05) is 39.6 Å². The standard InChI is InChI=1S/C78H152O17P2/c1-6-9-12-15-18-21-23-24-25-26-30-33-36-39-43-47-52-57-62-76(81)89-68-74(95-78(83)64-59-54-49-44-40-37-34-31-28-27-29-32-35-38-41-45-50-55-60-71(4)5)70-93-97(86,87)91-66-72(79)65-90-96(84,85)92-69-73(67-88-75(80)61-56-51-46-20-17-14-11-8-3)94-77(82)63-58-53-48-42-22-19-16-13-10-7-2/h71-74,79H,6-70H2,1-5H3,(H,84,85)(H,86,87)/t72-,73+,74+/m0/s1. The molecule has 0 aliphatic heterocycles. The molecule has 0 saturated heterocycles. The Bertz CT molecular complexity index is 1860. The molecule has 0 aromatic carbocycles. The Labute approximate surface area is 594 Å². The van der Waals surface area contributed by atoms with Crippen LogP contribution in [0.4, 0.5) is 0 Å². The lowest BCUT2D eigenvalue weighted by molar-refractivity contribution is -0.161. The number of carbonyl (C=O) groups is 4. The number of aliphatic hydroxyl groups excluding tert-OH is 1. The van der Waals surface area contributed by atoms with E-state index in [-0.39, 0.29) is 25.7 Å². The Morgan fingerprint density at radius 1 is 0.278 bits per heavy atom. The number of esters is 4. The van der Waals surface area contributed by atoms with E-state index in [9.17, 15) is 43.2 Å². The van der Waals surface area contributed by atoms with Crippen molar-refractivity contribution in [1.29, 1.82) is 0 Å². The average Bonchev–Trinajstić information content (AvgIpc) is 2.78. The smallest absolute Gasteiger partial charge is 0.462 e. The van der Waals surface area contributed by atoms with E-state index in [0.29, 0.717) is 25.7 Å². The van der Waals surface area contributed by atoms with Crippen molar-refractivity contribution in [1.82, 2.24) is 0 Å². The summed E-state index contributed by atoms with van der Waals surface area (Å²) in [6, 6.07) is 0. The third-order valence-electron chi connectivity index (χ3n) is 18.3. The molecule has 0 aliphatic carbocycles. The molecule has 0 heterocycles. The maximum absolute atomic E-state index is 13.1. The molecule has 0 aromatic rings. The van der Waals surface area contributed by atoms with Gasteiger partial charge < -0.3 is 33.8 Å². The van der Waals surface area contributed by atoms with Crippen LogP contribution in [-0.4, -0.2) is 96.7 Å². The molecule has 3 N–H and O–H groups in total. The van der Waals surface area contributed by atoms with Gasteiger partial charge >= 0.3 is 39.5 Å². The first kappa shape index (κ1) is 95.1. The van der Waals surface area contributed by atoms with Crippen molar-refractivity contribution in [3.8, 4) is 0 Å². The third-order valence-corrected chi connectivity index (χ3v) is 20.2. The minimum atomic E-state index is -4.96. The van der Waals surface area contributed by atoms with Crippen molar-refractivity contribution < 1.29 is 80.2 Å². The largest absolute Gasteiger partial charge is 0.472 e. The summed E-state index contributed by atoms with van der Waals surface area (Å²) in [6.45, 7) is 7.30. The Morgan fingerprint density at radius 3 is 0.701 bits per heavy atom. The SMILES string of the molecule is CCCCCCCCCCCCCCCCCCCCC(=O)OC[C@H](COP(=O)(O)OC[C@@H](O)COP(=O)(O)OC[C@@H](COC(=O)CCCCCCCCCC)OC(=O)CCCCCCCCCCCC)OC(=O)CCCCCCCCCCCCCCCCCCCCC(C)C. The summed E-state index contributed by atoms with van der Waals surface area (Å²) in [5, 5.41) is 10.6. The van der Waals surface area contributed by atoms with Crippen LogP contribution in [0.2, 0.25) is 0 Å². The molecule has 0 bridgehead atoms. The van der Waals surface area contributed by atoms with Crippen LogP contribution in [0.1, 0.15) is 413 Å². The van der Waals surface area contributed by atoms with Crippen LogP contribution in [0, 0.1) is 5.92 Å². The number of aliphatic hydroxyl groups is 1. The second kappa shape index (κ2) is 71.1. The van der Waals surface area contributed by atoms with Crippen molar-refractivity contribution in [3.63, 3.8) is 0 Å². The molecular formula is C78H152O17P2. The number of hydrogen-bond donors (Lipinski definition) is 3. The van der Waals surface area contributed by atoms with Crippen molar-refractivity contribution >= 4 is 39.5 Å². The topological polar surface area (TPSA) is 237 Å². The Hall–Kier alpha value is -1.94. The number of phosphoric acid groups is 2. The molecule has 17 nitrogen and oxygen atoms in total. The predicted molar refractivity (Wildman–Crippen MR) is 395 cm³/mol. The normalized spacial score (nSPS) is 13.9. The van der Waals surface area contributed by atoms with Gasteiger partial charge in [-0.25, -0.2) is 9.13 Å². The highest BCUT2D eigenvalue weighted by Crippen LogP contribution is 2.45. The van der Waals surface area contributed by atoms with Crippen LogP contribution in [0.15, 0.2) is 0 Å². The minimum Gasteiger partial charge on any atom is -0.462 e. The summed E-state index contributed by atoms with van der Waals surface area (Å²) in [6.07, 6.45) is 61.2. The van der Waals surface area contributed by atoms with Gasteiger partial charge in [-0.3, -0.25) is 37.3 Å². The van der Waals surface area contributed by atoms with Crippen molar-refractivity contribution in [2.45, 2.75) is 432 Å². The summed E-state index contributed by atoms with van der Waals surface area (Å²) in [5.74, 6) is -1.29. The van der Waals surface area contributed by atoms with Gasteiger partial charge in [0.1, 0.15) is 19.3 Å². The van der Waals surface area contributed by atoms with E-state index >= 15 is 0 Å². The molecule has 0 saturated carbocycles. The third kappa shape index (κ3) is 72.2. The van der Waals surface area contributed by atoms with Crippen molar-refractivity contribution in [2.24, 2.45) is 5.92 Å². The van der Waals surface area contributed by atoms with E-state index < -0.39 is 97.5 Å². The first-order chi connectivity index (χ1) is 47.0. The molecule has 0 amide bonds. The van der Waals surface area contributed by atoms with Gasteiger partial charge in [0.2, 0.25) is 0 Å². The molecule has 0 aliphatic rings. The molecule has 0 radical (unpaired) electrons. The summed E-state index contributed by atoms with van der Waals surface area (Å²) in [7, 11) is -9.91. The van der Waals surface area contributed by atoms with Crippen LogP contribution in [0.5, 0.6) is 0 Å². The Kier molecular flexibility index (Phi) is 69.6. The molecule has 0 fully saturated rings. The molecule has 97 heavy (non-hydrogen) atoms. The monoisotopic (exact) mass is 1420 g/mol. The van der Waals surface area contributed by atoms with Crippen molar-refractivity contribution in [3.05, 3.63) is 0 Å². The number of unbranched alkanes of at least 4 members (excludes halogenated alkanes) is 50. The van der Waals surface area contributed by atoms with Gasteiger partial charge in [0.25, 0.3) is 0 Å². The van der Waals surface area contributed by atoms with Gasteiger partial charge in [-0.1, -0.05) is 362 Å². The van der Waals surface area contributed by atoms with Crippen LogP contribution in [0.3, 0.4) is 0 Å². The lowest BCUT2D eigenvalue weighted by Gasteiger charge is -2.21. The van der Waals surface area contributed by atoms with Gasteiger partial charge in [-0.05, 0) is 31.6 Å². The maximum Gasteiger partial charge on any atom is 0.472 e. The highest BCUT2D eigenvalue weighted by atomic mass is 31.2. The fourth-order valence-electron chi connectivity index (χ4n) is 12.1. The zero-order chi connectivity index (χ0) is 71.2. The quantitative estimate of drug-likeness (QED) is 0.0222. The maximum atomic E-state index is 13.1. The number of hydrogen-bond acceptors (Lipinski definition) is 15. The van der Waals surface area contributed by atoms with E-state index in [0.717, 1.165) is 102 Å². The number of phosphoric ester groups is 2. The fraction of sp³-hybridized carbons (Fsp3) is 0.949. The van der Waals surface area contributed by atoms with Gasteiger partial charge in [-0.2, -0.15) is 0 Å². The Balaban J connectivity index is 5.16. The van der Waals surface area contributed by atoms with Crippen LogP contribution < -0.4 is 0 Å². The summed E-state index contributed by atoms with van der Waals surface area (Å²) >= 11 is 0. The van der Waals surface area contributed by atoms with E-state index in [1.54, 1.807) is 0 Å². The van der Waals surface area contributed by atoms with Crippen LogP contribution in [-0.2, 0) is 65.4 Å². The first-order valence-corrected chi connectivity index (χ1v) is 43.6. The number of carbonyl (C=O) groups excluding carboxylic acids is 4. The lowest BCUT2D eigenvalue weighted by Crippen LogP contribution is -2.30. The molecular weight excluding hydrogens is 1270 g/mol. The number of ether oxygens (including phenoxy) is 4. The Morgan fingerprint density at radius 2 is 0.474 bits per heavy atom. The van der Waals surface area contributed by atoms with Crippen LogP contribution in [0.25, 0.3) is 0 Å². The zero-order valence-electron chi connectivity index (χ0n) is 63.2. The van der Waals surface area contributed by atoms with E-state index in [4.69, 9.17) is 37.0 Å². The molecule has 0 spiro atoms. The molecule has 576 valence electrons. The highest BCUT2D eigenvalue weighted by molar-refractivity contribution is 7.47. The van der Waals surface area contributed by atoms with Gasteiger partial charge in [0, 0.05) is 25.7 Å². The van der Waals surface area contributed by atoms with E-state index in [1.165, 1.54) is 231 Å². The second-order valence-electron chi connectivity index (χ2n) is 28.6. The molecule has 0 aromatic heterocycles. The molecule has 0 rings (SSSR count). The predicted octanol–water partition coefficient (Wildman–Crippen LogP) is 23.3. The number of rotatable bonds is 78. The summed E-state index contributed by atoms with van der Waals surface area (Å²) in [5.41, 5.74) is 0. The second-order valence-corrected chi connectivity index (χ2v) is 31.5.